The predicted molar refractivity (Wildman–Crippen MR) is 266 cm³/mol. The summed E-state index contributed by atoms with van der Waals surface area (Å²) in [4.78, 5) is 12.6. The number of carbonyl (C=O) groups is 1. The fraction of sp³-hybridized carbons (Fsp3) is 0.648. The number of unbranched alkanes of at least 4 members (excludes halogenated alkanes) is 8. The standard InChI is InChI=1S/C20H19O4P.C18H36O2.C16H36N.H2O/c1-2-17-11-9-10-16-20(17)24-25(21,22-18-12-5-3-6-13-18)23-19-14-7-4-8-15-19;1-5-9-13-18(14-10-6-2,15-11-7-3)17(19)20-16-12-8-4;1-5-9-13-17(14-10-6-2,15-11-7-3)16-12-8-4;/h3-16H,2H2,1H3;5-16H2,1-4H3;5-16H2,1-4H3;1H2/q;;+1;/p-1. The molecule has 8 nitrogen and oxygen atoms in total. The molecule has 3 rings (SSSR count). The molecule has 0 atom stereocenters. The Morgan fingerprint density at radius 3 is 1.22 bits per heavy atom. The largest absolute Gasteiger partial charge is 0.870 e. The van der Waals surface area contributed by atoms with Gasteiger partial charge < -0.3 is 28.3 Å². The maximum atomic E-state index is 13.3. The van der Waals surface area contributed by atoms with E-state index in [1.807, 2.05) is 37.3 Å². The first-order chi connectivity index (χ1) is 30.1. The van der Waals surface area contributed by atoms with Crippen molar-refractivity contribution in [2.75, 3.05) is 32.8 Å². The summed E-state index contributed by atoms with van der Waals surface area (Å²) in [5.41, 5.74) is 0.728. The maximum Gasteiger partial charge on any atom is 0.647 e. The first kappa shape index (κ1) is 59.7. The Hall–Kier alpha value is -3.32. The van der Waals surface area contributed by atoms with Crippen LogP contribution in [0.1, 0.15) is 190 Å². The van der Waals surface area contributed by atoms with Gasteiger partial charge in [-0.3, -0.25) is 4.79 Å². The number of ether oxygens (including phenoxy) is 1. The molecule has 0 aliphatic heterocycles. The van der Waals surface area contributed by atoms with Gasteiger partial charge in [-0.15, -0.1) is 0 Å². The quantitative estimate of drug-likeness (QED) is 0.0266. The summed E-state index contributed by atoms with van der Waals surface area (Å²) in [5, 5.41) is 0. The van der Waals surface area contributed by atoms with Crippen molar-refractivity contribution in [3.63, 3.8) is 0 Å². The number of rotatable bonds is 32. The summed E-state index contributed by atoms with van der Waals surface area (Å²) in [7, 11) is -3.93. The number of esters is 1. The van der Waals surface area contributed by atoms with Gasteiger partial charge in [0, 0.05) is 0 Å². The molecular weight excluding hydrogens is 806 g/mol. The molecule has 63 heavy (non-hydrogen) atoms. The number of phosphoric acid groups is 1. The highest BCUT2D eigenvalue weighted by molar-refractivity contribution is 7.49. The van der Waals surface area contributed by atoms with E-state index in [0.717, 1.165) is 82.6 Å². The van der Waals surface area contributed by atoms with Crippen molar-refractivity contribution in [2.45, 2.75) is 191 Å². The van der Waals surface area contributed by atoms with Crippen LogP contribution in [0.3, 0.4) is 0 Å². The van der Waals surface area contributed by atoms with Crippen LogP contribution >= 0.6 is 7.82 Å². The van der Waals surface area contributed by atoms with Gasteiger partial charge in [0.15, 0.2) is 0 Å². The second kappa shape index (κ2) is 37.0. The monoisotopic (exact) mass is 898 g/mol. The van der Waals surface area contributed by atoms with E-state index >= 15 is 0 Å². The number of benzene rings is 3. The molecule has 0 heterocycles. The van der Waals surface area contributed by atoms with E-state index < -0.39 is 7.82 Å². The highest BCUT2D eigenvalue weighted by Gasteiger charge is 2.38. The smallest absolute Gasteiger partial charge is 0.647 e. The van der Waals surface area contributed by atoms with Gasteiger partial charge in [0.25, 0.3) is 0 Å². The van der Waals surface area contributed by atoms with E-state index in [0.29, 0.717) is 23.9 Å². The lowest BCUT2D eigenvalue weighted by molar-refractivity contribution is -0.929. The molecular formula is C54H92NO7P. The summed E-state index contributed by atoms with van der Waals surface area (Å²) in [6, 6.07) is 25.1. The average molecular weight is 898 g/mol. The lowest BCUT2D eigenvalue weighted by Gasteiger charge is -2.39. The molecule has 3 aromatic rings. The van der Waals surface area contributed by atoms with E-state index in [1.54, 1.807) is 54.6 Å². The molecule has 0 aliphatic rings. The number of hydrogen-bond acceptors (Lipinski definition) is 7. The van der Waals surface area contributed by atoms with Crippen molar-refractivity contribution in [2.24, 2.45) is 5.41 Å². The van der Waals surface area contributed by atoms with Gasteiger partial charge in [0.05, 0.1) is 38.2 Å². The Kier molecular flexibility index (Phi) is 35.0. The van der Waals surface area contributed by atoms with Gasteiger partial charge in [-0.25, -0.2) is 0 Å². The summed E-state index contributed by atoms with van der Waals surface area (Å²) in [6.07, 6.45) is 23.8. The second-order valence-corrected chi connectivity index (χ2v) is 18.5. The minimum Gasteiger partial charge on any atom is -0.870 e. The second-order valence-electron chi connectivity index (χ2n) is 17.0. The van der Waals surface area contributed by atoms with Crippen LogP contribution in [-0.4, -0.2) is 48.7 Å². The van der Waals surface area contributed by atoms with E-state index in [1.165, 1.54) is 82.0 Å². The molecule has 0 spiro atoms. The fourth-order valence-corrected chi connectivity index (χ4v) is 8.91. The first-order valence-electron chi connectivity index (χ1n) is 25.0. The fourth-order valence-electron chi connectivity index (χ4n) is 7.62. The minimum absolute atomic E-state index is 0. The molecule has 0 unspecified atom stereocenters. The van der Waals surface area contributed by atoms with Crippen molar-refractivity contribution >= 4 is 13.8 Å². The summed E-state index contributed by atoms with van der Waals surface area (Å²) in [5.74, 6) is 1.40. The van der Waals surface area contributed by atoms with E-state index in [9.17, 15) is 9.36 Å². The van der Waals surface area contributed by atoms with Gasteiger partial charge in [0.2, 0.25) is 0 Å². The van der Waals surface area contributed by atoms with Crippen LogP contribution in [-0.2, 0) is 20.5 Å². The molecule has 0 amide bonds. The number of carbonyl (C=O) groups excluding carboxylic acids is 1. The summed E-state index contributed by atoms with van der Waals surface area (Å²) < 4.78 is 37.3. The van der Waals surface area contributed by atoms with Crippen molar-refractivity contribution in [3.05, 3.63) is 90.5 Å². The van der Waals surface area contributed by atoms with E-state index in [4.69, 9.17) is 18.3 Å². The zero-order chi connectivity index (χ0) is 45.8. The zero-order valence-electron chi connectivity index (χ0n) is 41.6. The predicted octanol–water partition coefficient (Wildman–Crippen LogP) is 16.6. The number of para-hydroxylation sites is 3. The summed E-state index contributed by atoms with van der Waals surface area (Å²) in [6.45, 7) is 26.4. The number of quaternary nitrogens is 1. The van der Waals surface area contributed by atoms with E-state index in [-0.39, 0.29) is 16.9 Å². The van der Waals surface area contributed by atoms with Crippen LogP contribution in [0.4, 0.5) is 0 Å². The topological polar surface area (TPSA) is 101 Å². The molecule has 0 saturated carbocycles. The van der Waals surface area contributed by atoms with Crippen LogP contribution in [0, 0.1) is 5.41 Å². The van der Waals surface area contributed by atoms with Crippen LogP contribution in [0.25, 0.3) is 0 Å². The van der Waals surface area contributed by atoms with E-state index in [2.05, 4.69) is 55.4 Å². The molecule has 0 aliphatic carbocycles. The third kappa shape index (κ3) is 25.1. The third-order valence-electron chi connectivity index (χ3n) is 11.6. The maximum absolute atomic E-state index is 13.3. The van der Waals surface area contributed by atoms with Gasteiger partial charge in [-0.05, 0) is 93.7 Å². The Balaban J connectivity index is 0.000000930. The Bertz CT molecular complexity index is 1450. The Morgan fingerprint density at radius 2 is 0.857 bits per heavy atom. The third-order valence-corrected chi connectivity index (χ3v) is 12.9. The molecule has 9 heteroatoms. The molecule has 360 valence electrons. The molecule has 1 N–H and O–H groups in total. The van der Waals surface area contributed by atoms with Crippen LogP contribution in [0.15, 0.2) is 84.9 Å². The molecule has 0 bridgehead atoms. The highest BCUT2D eigenvalue weighted by atomic mass is 31.2. The Labute approximate surface area is 386 Å². The highest BCUT2D eigenvalue weighted by Crippen LogP contribution is 2.50. The van der Waals surface area contributed by atoms with Gasteiger partial charge in [0.1, 0.15) is 17.2 Å². The van der Waals surface area contributed by atoms with Crippen molar-refractivity contribution in [1.29, 1.82) is 0 Å². The first-order valence-corrected chi connectivity index (χ1v) is 26.4. The van der Waals surface area contributed by atoms with Crippen molar-refractivity contribution < 1.29 is 37.6 Å². The molecule has 0 saturated heterocycles. The lowest BCUT2D eigenvalue weighted by atomic mass is 9.74. The molecule has 0 radical (unpaired) electrons. The number of nitrogens with zero attached hydrogens (tertiary/aromatic N) is 1. The molecule has 3 aromatic carbocycles. The van der Waals surface area contributed by atoms with Gasteiger partial charge in [-0.2, -0.15) is 4.57 Å². The minimum atomic E-state index is -3.93. The summed E-state index contributed by atoms with van der Waals surface area (Å²) >= 11 is 0. The molecule has 0 aromatic heterocycles. The van der Waals surface area contributed by atoms with Crippen molar-refractivity contribution in [1.82, 2.24) is 0 Å². The SMILES string of the molecule is CCCCOC(=O)C(CCCC)(CCCC)CCCC.CCCC[N+](CCCC)(CCCC)CCCC.CCc1ccccc1OP(=O)(Oc1ccccc1)Oc1ccccc1.[OH-]. The zero-order valence-corrected chi connectivity index (χ0v) is 42.4. The Morgan fingerprint density at radius 1 is 0.492 bits per heavy atom. The van der Waals surface area contributed by atoms with Crippen LogP contribution in [0.2, 0.25) is 0 Å². The van der Waals surface area contributed by atoms with Gasteiger partial charge in [-0.1, -0.05) is 188 Å². The number of hydrogen-bond donors (Lipinski definition) is 0. The average Bonchev–Trinajstić information content (AvgIpc) is 3.29. The normalized spacial score (nSPS) is 11.3. The lowest BCUT2D eigenvalue weighted by Crippen LogP contribution is -2.50. The molecule has 0 fully saturated rings. The number of phosphoric ester groups is 1. The van der Waals surface area contributed by atoms with Crippen LogP contribution in [0.5, 0.6) is 17.2 Å². The van der Waals surface area contributed by atoms with Crippen molar-refractivity contribution in [3.8, 4) is 17.2 Å². The van der Waals surface area contributed by atoms with Crippen LogP contribution < -0.4 is 13.6 Å². The van der Waals surface area contributed by atoms with Gasteiger partial charge >= 0.3 is 13.8 Å². The number of aryl methyl sites for hydroxylation is 1.